The molecule has 0 fully saturated rings. The summed E-state index contributed by atoms with van der Waals surface area (Å²) in [5, 5.41) is 8.79. The number of aliphatic carboxylic acids is 1. The Bertz CT molecular complexity index is 332. The molecule has 14 heavy (non-hydrogen) atoms. The maximum atomic E-state index is 10.7. The predicted molar refractivity (Wildman–Crippen MR) is 55.0 cm³/mol. The predicted octanol–water partition coefficient (Wildman–Crippen LogP) is 1.37. The van der Waals surface area contributed by atoms with Gasteiger partial charge in [-0.15, -0.1) is 0 Å². The van der Waals surface area contributed by atoms with E-state index in [-0.39, 0.29) is 18.0 Å². The highest BCUT2D eigenvalue weighted by Crippen LogP contribution is 2.21. The number of hydrogen-bond donors (Lipinski definition) is 2. The number of benzene rings is 1. The van der Waals surface area contributed by atoms with Crippen LogP contribution in [-0.4, -0.2) is 17.6 Å². The van der Waals surface area contributed by atoms with E-state index in [1.165, 1.54) is 0 Å². The quantitative estimate of drug-likeness (QED) is 0.706. The first-order valence-electron chi connectivity index (χ1n) is 4.34. The van der Waals surface area contributed by atoms with Crippen molar-refractivity contribution >= 4 is 5.97 Å². The molecule has 3 nitrogen and oxygen atoms in total. The zero-order valence-electron chi connectivity index (χ0n) is 7.81. The second-order valence-electron chi connectivity index (χ2n) is 3.03. The molecule has 0 amide bonds. The molecule has 0 aliphatic carbocycles. The van der Waals surface area contributed by atoms with Gasteiger partial charge < -0.3 is 10.8 Å². The van der Waals surface area contributed by atoms with Crippen molar-refractivity contribution in [3.8, 4) is 0 Å². The van der Waals surface area contributed by atoms with Crippen molar-refractivity contribution in [3.05, 3.63) is 48.0 Å². The third kappa shape index (κ3) is 2.20. The van der Waals surface area contributed by atoms with Gasteiger partial charge in [0.05, 0.1) is 0 Å². The first-order valence-corrected chi connectivity index (χ1v) is 4.34. The normalized spacial score (nSPS) is 12.1. The van der Waals surface area contributed by atoms with Crippen LogP contribution in [0.1, 0.15) is 11.5 Å². The highest BCUT2D eigenvalue weighted by Gasteiger charge is 2.18. The molecule has 3 N–H and O–H groups in total. The Morgan fingerprint density at radius 2 is 2.00 bits per heavy atom. The van der Waals surface area contributed by atoms with E-state index in [1.54, 1.807) is 0 Å². The lowest BCUT2D eigenvalue weighted by Crippen LogP contribution is -2.18. The van der Waals surface area contributed by atoms with Gasteiger partial charge in [0.15, 0.2) is 0 Å². The fraction of sp³-hybridized carbons (Fsp3) is 0.182. The second kappa shape index (κ2) is 4.58. The largest absolute Gasteiger partial charge is 0.478 e. The Labute approximate surface area is 82.9 Å². The first-order chi connectivity index (χ1) is 6.66. The van der Waals surface area contributed by atoms with Crippen molar-refractivity contribution in [2.75, 3.05) is 6.54 Å². The summed E-state index contributed by atoms with van der Waals surface area (Å²) in [5.74, 6) is -1.29. The lowest BCUT2D eigenvalue weighted by atomic mass is 9.92. The van der Waals surface area contributed by atoms with Crippen LogP contribution >= 0.6 is 0 Å². The summed E-state index contributed by atoms with van der Waals surface area (Å²) < 4.78 is 0. The lowest BCUT2D eigenvalue weighted by molar-refractivity contribution is -0.132. The summed E-state index contributed by atoms with van der Waals surface area (Å²) in [6.07, 6.45) is 0. The van der Waals surface area contributed by atoms with Crippen molar-refractivity contribution < 1.29 is 9.90 Å². The topological polar surface area (TPSA) is 63.3 Å². The number of carboxylic acids is 1. The van der Waals surface area contributed by atoms with Crippen molar-refractivity contribution in [1.29, 1.82) is 0 Å². The van der Waals surface area contributed by atoms with Crippen molar-refractivity contribution in [3.63, 3.8) is 0 Å². The molecular formula is C11H13NO2. The zero-order chi connectivity index (χ0) is 10.6. The highest BCUT2D eigenvalue weighted by atomic mass is 16.4. The summed E-state index contributed by atoms with van der Waals surface area (Å²) >= 11 is 0. The Morgan fingerprint density at radius 1 is 1.43 bits per heavy atom. The number of nitrogens with two attached hydrogens (primary N) is 1. The Balaban J connectivity index is 2.93. The summed E-state index contributed by atoms with van der Waals surface area (Å²) in [5.41, 5.74) is 6.55. The fourth-order valence-electron chi connectivity index (χ4n) is 1.31. The molecular weight excluding hydrogens is 178 g/mol. The van der Waals surface area contributed by atoms with Gasteiger partial charge in [0.25, 0.3) is 0 Å². The van der Waals surface area contributed by atoms with Crippen molar-refractivity contribution in [2.45, 2.75) is 5.92 Å². The van der Waals surface area contributed by atoms with E-state index in [0.29, 0.717) is 0 Å². The maximum Gasteiger partial charge on any atom is 0.331 e. The number of rotatable bonds is 4. The zero-order valence-corrected chi connectivity index (χ0v) is 7.81. The minimum Gasteiger partial charge on any atom is -0.478 e. The number of carbonyl (C=O) groups is 1. The average Bonchev–Trinajstić information content (AvgIpc) is 2.20. The molecule has 0 spiro atoms. The van der Waals surface area contributed by atoms with Crippen LogP contribution in [0.4, 0.5) is 0 Å². The van der Waals surface area contributed by atoms with Gasteiger partial charge in [-0.2, -0.15) is 0 Å². The molecule has 1 atom stereocenters. The molecule has 0 saturated carbocycles. The molecule has 1 aromatic carbocycles. The second-order valence-corrected chi connectivity index (χ2v) is 3.03. The van der Waals surface area contributed by atoms with Crippen LogP contribution in [0.2, 0.25) is 0 Å². The van der Waals surface area contributed by atoms with Gasteiger partial charge in [0.2, 0.25) is 0 Å². The minimum atomic E-state index is -0.996. The van der Waals surface area contributed by atoms with Crippen LogP contribution in [0.15, 0.2) is 42.5 Å². The molecule has 0 bridgehead atoms. The molecule has 3 heteroatoms. The van der Waals surface area contributed by atoms with Gasteiger partial charge in [-0.05, 0) is 5.56 Å². The molecule has 1 aromatic rings. The van der Waals surface area contributed by atoms with Crippen LogP contribution in [0.25, 0.3) is 0 Å². The van der Waals surface area contributed by atoms with Crippen molar-refractivity contribution in [2.24, 2.45) is 5.73 Å². The van der Waals surface area contributed by atoms with E-state index in [1.807, 2.05) is 30.3 Å². The molecule has 74 valence electrons. The third-order valence-corrected chi connectivity index (χ3v) is 2.13. The van der Waals surface area contributed by atoms with Gasteiger partial charge in [-0.3, -0.25) is 0 Å². The van der Waals surface area contributed by atoms with Gasteiger partial charge in [-0.1, -0.05) is 36.9 Å². The fourth-order valence-corrected chi connectivity index (χ4v) is 1.31. The molecule has 0 aliphatic rings. The maximum absolute atomic E-state index is 10.7. The monoisotopic (exact) mass is 191 g/mol. The minimum absolute atomic E-state index is 0.138. The Morgan fingerprint density at radius 3 is 2.43 bits per heavy atom. The smallest absolute Gasteiger partial charge is 0.331 e. The summed E-state index contributed by atoms with van der Waals surface area (Å²) in [6.45, 7) is 3.78. The van der Waals surface area contributed by atoms with Crippen molar-refractivity contribution in [1.82, 2.24) is 0 Å². The third-order valence-electron chi connectivity index (χ3n) is 2.13. The number of hydrogen-bond acceptors (Lipinski definition) is 2. The standard InChI is InChI=1S/C11H13NO2/c1-8(11(13)14)10(7-12)9-5-3-2-4-6-9/h2-6,10H,1,7,12H2,(H,13,14). The molecule has 0 aromatic heterocycles. The van der Waals surface area contributed by atoms with Crippen LogP contribution in [0.5, 0.6) is 0 Å². The van der Waals surface area contributed by atoms with Crippen LogP contribution in [0.3, 0.4) is 0 Å². The number of carboxylic acid groups (broad SMARTS) is 1. The van der Waals surface area contributed by atoms with Gasteiger partial charge in [0.1, 0.15) is 0 Å². The summed E-state index contributed by atoms with van der Waals surface area (Å²) in [6, 6.07) is 9.29. The van der Waals surface area contributed by atoms with Gasteiger partial charge >= 0.3 is 5.97 Å². The SMILES string of the molecule is C=C(C(=O)O)C(CN)c1ccccc1. The van der Waals surface area contributed by atoms with E-state index in [0.717, 1.165) is 5.56 Å². The van der Waals surface area contributed by atoms with E-state index >= 15 is 0 Å². The lowest BCUT2D eigenvalue weighted by Gasteiger charge is -2.14. The van der Waals surface area contributed by atoms with E-state index in [4.69, 9.17) is 10.8 Å². The molecule has 0 aliphatic heterocycles. The molecule has 1 rings (SSSR count). The molecule has 0 saturated heterocycles. The van der Waals surface area contributed by atoms with Crippen LogP contribution in [-0.2, 0) is 4.79 Å². The molecule has 0 heterocycles. The highest BCUT2D eigenvalue weighted by molar-refractivity contribution is 5.87. The summed E-state index contributed by atoms with van der Waals surface area (Å²) in [7, 11) is 0. The Hall–Kier alpha value is -1.61. The molecule has 0 radical (unpaired) electrons. The Kier molecular flexibility index (Phi) is 3.42. The first kappa shape index (κ1) is 10.5. The summed E-state index contributed by atoms with van der Waals surface area (Å²) in [4.78, 5) is 10.7. The van der Waals surface area contributed by atoms with E-state index in [9.17, 15) is 4.79 Å². The van der Waals surface area contributed by atoms with Crippen LogP contribution < -0.4 is 5.73 Å². The van der Waals surface area contributed by atoms with Gasteiger partial charge in [-0.25, -0.2) is 4.79 Å². The average molecular weight is 191 g/mol. The van der Waals surface area contributed by atoms with E-state index < -0.39 is 5.97 Å². The van der Waals surface area contributed by atoms with Crippen LogP contribution in [0, 0.1) is 0 Å². The molecule has 1 unspecified atom stereocenters. The van der Waals surface area contributed by atoms with E-state index in [2.05, 4.69) is 6.58 Å². The van der Waals surface area contributed by atoms with Gasteiger partial charge in [0, 0.05) is 18.0 Å².